The van der Waals surface area contributed by atoms with Crippen molar-refractivity contribution >= 4 is 5.96 Å². The molecule has 1 unspecified atom stereocenters. The number of nitrogens with one attached hydrogen (secondary N) is 1. The van der Waals surface area contributed by atoms with Gasteiger partial charge < -0.3 is 15.8 Å². The highest BCUT2D eigenvalue weighted by Crippen LogP contribution is 2.15. The Hall–Kier alpha value is -0.770. The minimum atomic E-state index is 0.347. The lowest BCUT2D eigenvalue weighted by atomic mass is 10.1. The molecule has 1 rings (SSSR count). The van der Waals surface area contributed by atoms with Gasteiger partial charge in [-0.15, -0.1) is 0 Å². The monoisotopic (exact) mass is 213 g/mol. The summed E-state index contributed by atoms with van der Waals surface area (Å²) in [6, 6.07) is 0.347. The molecular weight excluding hydrogens is 190 g/mol. The Kier molecular flexibility index (Phi) is 5.47. The van der Waals surface area contributed by atoms with Crippen LogP contribution in [0.4, 0.5) is 0 Å². The van der Waals surface area contributed by atoms with Crippen LogP contribution in [-0.4, -0.2) is 31.3 Å². The number of nitrogens with zero attached hydrogens (tertiary/aromatic N) is 1. The predicted octanol–water partition coefficient (Wildman–Crippen LogP) is 1.26. The van der Waals surface area contributed by atoms with Gasteiger partial charge in [-0.05, 0) is 39.5 Å². The maximum absolute atomic E-state index is 5.69. The van der Waals surface area contributed by atoms with Crippen LogP contribution in [0, 0.1) is 0 Å². The van der Waals surface area contributed by atoms with E-state index in [0.29, 0.717) is 18.1 Å². The van der Waals surface area contributed by atoms with Crippen molar-refractivity contribution in [3.8, 4) is 0 Å². The van der Waals surface area contributed by atoms with E-state index < -0.39 is 0 Å². The molecule has 1 saturated heterocycles. The van der Waals surface area contributed by atoms with Gasteiger partial charge in [0.2, 0.25) is 0 Å². The lowest BCUT2D eigenvalue weighted by Gasteiger charge is -2.21. The van der Waals surface area contributed by atoms with Crippen molar-refractivity contribution in [2.45, 2.75) is 51.7 Å². The van der Waals surface area contributed by atoms with Crippen molar-refractivity contribution in [1.29, 1.82) is 0 Å². The molecule has 1 fully saturated rings. The first kappa shape index (κ1) is 12.3. The average molecular weight is 213 g/mol. The Morgan fingerprint density at radius 2 is 2.33 bits per heavy atom. The van der Waals surface area contributed by atoms with Gasteiger partial charge in [0.1, 0.15) is 0 Å². The fraction of sp³-hybridized carbons (Fsp3) is 0.909. The van der Waals surface area contributed by atoms with E-state index in [2.05, 4.69) is 10.3 Å². The van der Waals surface area contributed by atoms with Gasteiger partial charge in [-0.3, -0.25) is 4.99 Å². The molecule has 0 bridgehead atoms. The molecule has 1 heterocycles. The normalized spacial score (nSPS) is 23.1. The second kappa shape index (κ2) is 6.67. The fourth-order valence-corrected chi connectivity index (χ4v) is 1.71. The topological polar surface area (TPSA) is 59.6 Å². The van der Waals surface area contributed by atoms with Gasteiger partial charge in [0, 0.05) is 19.2 Å². The zero-order valence-electron chi connectivity index (χ0n) is 9.83. The van der Waals surface area contributed by atoms with Gasteiger partial charge >= 0.3 is 0 Å². The third-order valence-electron chi connectivity index (χ3n) is 2.44. The number of rotatable bonds is 4. The molecule has 4 heteroatoms. The van der Waals surface area contributed by atoms with E-state index in [0.717, 1.165) is 19.6 Å². The summed E-state index contributed by atoms with van der Waals surface area (Å²) in [5.41, 5.74) is 5.69. The van der Waals surface area contributed by atoms with Gasteiger partial charge in [-0.1, -0.05) is 0 Å². The average Bonchev–Trinajstić information content (AvgIpc) is 2.18. The highest BCUT2D eigenvalue weighted by atomic mass is 16.5. The summed E-state index contributed by atoms with van der Waals surface area (Å²) >= 11 is 0. The molecule has 0 spiro atoms. The lowest BCUT2D eigenvalue weighted by Crippen LogP contribution is -2.37. The first-order valence-corrected chi connectivity index (χ1v) is 5.86. The summed E-state index contributed by atoms with van der Waals surface area (Å²) in [6.07, 6.45) is 5.05. The van der Waals surface area contributed by atoms with Crippen LogP contribution >= 0.6 is 0 Å². The van der Waals surface area contributed by atoms with Crippen LogP contribution < -0.4 is 11.1 Å². The summed E-state index contributed by atoms with van der Waals surface area (Å²) in [7, 11) is 0. The second-order valence-electron chi connectivity index (χ2n) is 4.34. The van der Waals surface area contributed by atoms with Crippen molar-refractivity contribution in [1.82, 2.24) is 5.32 Å². The standard InChI is InChI=1S/C11H23N3O/c1-9(2)14-11(12)13-7-6-10-5-3-4-8-15-10/h9-10H,3-8H2,1-2H3,(H3,12,13,14). The smallest absolute Gasteiger partial charge is 0.188 e. The minimum absolute atomic E-state index is 0.347. The lowest BCUT2D eigenvalue weighted by molar-refractivity contribution is 0.0129. The third-order valence-corrected chi connectivity index (χ3v) is 2.44. The molecule has 0 amide bonds. The molecule has 88 valence electrons. The van der Waals surface area contributed by atoms with Crippen molar-refractivity contribution in [3.05, 3.63) is 0 Å². The van der Waals surface area contributed by atoms with Gasteiger partial charge in [-0.25, -0.2) is 0 Å². The molecule has 4 nitrogen and oxygen atoms in total. The van der Waals surface area contributed by atoms with E-state index in [-0.39, 0.29) is 0 Å². The van der Waals surface area contributed by atoms with E-state index in [9.17, 15) is 0 Å². The molecule has 0 aromatic heterocycles. The maximum Gasteiger partial charge on any atom is 0.188 e. The molecule has 0 aliphatic carbocycles. The van der Waals surface area contributed by atoms with Crippen molar-refractivity contribution in [2.75, 3.05) is 13.2 Å². The molecule has 0 radical (unpaired) electrons. The van der Waals surface area contributed by atoms with E-state index in [4.69, 9.17) is 10.5 Å². The van der Waals surface area contributed by atoms with Gasteiger partial charge in [0.15, 0.2) is 5.96 Å². The van der Waals surface area contributed by atoms with Crippen LogP contribution in [0.25, 0.3) is 0 Å². The summed E-state index contributed by atoms with van der Waals surface area (Å²) < 4.78 is 5.61. The largest absolute Gasteiger partial charge is 0.378 e. The summed E-state index contributed by atoms with van der Waals surface area (Å²) in [5, 5.41) is 3.07. The van der Waals surface area contributed by atoms with Crippen LogP contribution in [0.2, 0.25) is 0 Å². The predicted molar refractivity (Wildman–Crippen MR) is 63.0 cm³/mol. The Balaban J connectivity index is 2.13. The van der Waals surface area contributed by atoms with E-state index in [1.54, 1.807) is 0 Å². The Morgan fingerprint density at radius 3 is 2.93 bits per heavy atom. The first-order chi connectivity index (χ1) is 7.18. The van der Waals surface area contributed by atoms with E-state index in [1.807, 2.05) is 13.8 Å². The summed E-state index contributed by atoms with van der Waals surface area (Å²) in [5.74, 6) is 0.542. The van der Waals surface area contributed by atoms with Crippen molar-refractivity contribution in [3.63, 3.8) is 0 Å². The van der Waals surface area contributed by atoms with Crippen LogP contribution in [-0.2, 0) is 4.74 Å². The zero-order valence-corrected chi connectivity index (χ0v) is 9.83. The molecule has 0 aromatic rings. The Labute approximate surface area is 92.3 Å². The van der Waals surface area contributed by atoms with Crippen LogP contribution in [0.1, 0.15) is 39.5 Å². The second-order valence-corrected chi connectivity index (χ2v) is 4.34. The van der Waals surface area contributed by atoms with Crippen molar-refractivity contribution in [2.24, 2.45) is 10.7 Å². The van der Waals surface area contributed by atoms with Gasteiger partial charge in [0.25, 0.3) is 0 Å². The quantitative estimate of drug-likeness (QED) is 0.546. The molecule has 1 aliphatic heterocycles. The SMILES string of the molecule is CC(C)NC(N)=NCCC1CCCCO1. The number of nitrogens with two attached hydrogens (primary N) is 1. The molecule has 0 saturated carbocycles. The highest BCUT2D eigenvalue weighted by molar-refractivity contribution is 5.77. The molecule has 3 N–H and O–H groups in total. The number of hydrogen-bond acceptors (Lipinski definition) is 2. The van der Waals surface area contributed by atoms with Gasteiger partial charge in [0.05, 0.1) is 6.10 Å². The number of guanidine groups is 1. The molecule has 1 atom stereocenters. The number of aliphatic imine (C=N–C) groups is 1. The first-order valence-electron chi connectivity index (χ1n) is 5.86. The zero-order chi connectivity index (χ0) is 11.1. The van der Waals surface area contributed by atoms with E-state index in [1.165, 1.54) is 19.3 Å². The molecular formula is C11H23N3O. The van der Waals surface area contributed by atoms with Crippen LogP contribution in [0.3, 0.4) is 0 Å². The summed E-state index contributed by atoms with van der Waals surface area (Å²) in [6.45, 7) is 5.77. The number of ether oxygens (including phenoxy) is 1. The molecule has 15 heavy (non-hydrogen) atoms. The summed E-state index contributed by atoms with van der Waals surface area (Å²) in [4.78, 5) is 4.26. The highest BCUT2D eigenvalue weighted by Gasteiger charge is 2.12. The maximum atomic E-state index is 5.69. The van der Waals surface area contributed by atoms with E-state index >= 15 is 0 Å². The Bertz CT molecular complexity index is 198. The fourth-order valence-electron chi connectivity index (χ4n) is 1.71. The van der Waals surface area contributed by atoms with Crippen LogP contribution in [0.5, 0.6) is 0 Å². The minimum Gasteiger partial charge on any atom is -0.378 e. The van der Waals surface area contributed by atoms with Crippen molar-refractivity contribution < 1.29 is 4.74 Å². The third kappa shape index (κ3) is 5.62. The molecule has 1 aliphatic rings. The van der Waals surface area contributed by atoms with Gasteiger partial charge in [-0.2, -0.15) is 0 Å². The van der Waals surface area contributed by atoms with Crippen LogP contribution in [0.15, 0.2) is 4.99 Å². The number of hydrogen-bond donors (Lipinski definition) is 2. The Morgan fingerprint density at radius 1 is 1.53 bits per heavy atom. The molecule has 0 aromatic carbocycles.